The quantitative estimate of drug-likeness (QED) is 0.498. The second-order valence-electron chi connectivity index (χ2n) is 10.4. The molecule has 1 fully saturated rings. The Morgan fingerprint density at radius 1 is 1.05 bits per heavy atom. The molecular formula is C28H40Cl2N4O3. The van der Waals surface area contributed by atoms with Gasteiger partial charge in [-0.05, 0) is 87.5 Å². The van der Waals surface area contributed by atoms with Crippen LogP contribution in [-0.4, -0.2) is 58.1 Å². The van der Waals surface area contributed by atoms with E-state index in [0.717, 1.165) is 54.9 Å². The van der Waals surface area contributed by atoms with Gasteiger partial charge < -0.3 is 15.7 Å². The standard InChI is InChI=1S/C28H38N4O3.2ClH/c1-18(2)31(28(34)35)27-15-19(3)32(20(4)33)26-10-9-23(16-25(26)27)22-7-5-21(6-8-22)17-30-13-11-24(29)12-14-30;;/h5-10,16,18-19,24,27H,11-15,17,29H2,1-4H3,(H,34,35);2*1H. The van der Waals surface area contributed by atoms with Crippen molar-refractivity contribution in [1.29, 1.82) is 0 Å². The van der Waals surface area contributed by atoms with E-state index in [9.17, 15) is 14.7 Å². The molecule has 7 nitrogen and oxygen atoms in total. The van der Waals surface area contributed by atoms with Crippen molar-refractivity contribution >= 4 is 42.5 Å². The van der Waals surface area contributed by atoms with Crippen LogP contribution in [-0.2, 0) is 11.3 Å². The molecule has 2 aliphatic heterocycles. The summed E-state index contributed by atoms with van der Waals surface area (Å²) >= 11 is 0. The Bertz CT molecular complexity index is 1070. The molecule has 2 heterocycles. The first kappa shape index (κ1) is 30.9. The third kappa shape index (κ3) is 6.77. The van der Waals surface area contributed by atoms with E-state index in [-0.39, 0.29) is 48.8 Å². The number of anilines is 1. The van der Waals surface area contributed by atoms with Crippen molar-refractivity contribution in [2.45, 2.75) is 77.7 Å². The molecule has 2 aromatic rings. The van der Waals surface area contributed by atoms with Crippen LogP contribution >= 0.6 is 24.8 Å². The maximum atomic E-state index is 12.5. The second kappa shape index (κ2) is 13.0. The van der Waals surface area contributed by atoms with Crippen molar-refractivity contribution in [3.8, 4) is 11.1 Å². The largest absolute Gasteiger partial charge is 0.465 e. The fourth-order valence-corrected chi connectivity index (χ4v) is 5.64. The molecule has 2 amide bonds. The van der Waals surface area contributed by atoms with Gasteiger partial charge in [0.05, 0.1) is 6.04 Å². The van der Waals surface area contributed by atoms with Gasteiger partial charge in [-0.1, -0.05) is 30.3 Å². The number of rotatable bonds is 5. The van der Waals surface area contributed by atoms with Gasteiger partial charge in [0, 0.05) is 37.3 Å². The van der Waals surface area contributed by atoms with Gasteiger partial charge in [0.2, 0.25) is 5.91 Å². The van der Waals surface area contributed by atoms with Gasteiger partial charge in [-0.25, -0.2) is 4.79 Å². The first-order valence-electron chi connectivity index (χ1n) is 12.7. The average molecular weight is 552 g/mol. The number of hydrogen-bond donors (Lipinski definition) is 2. The normalized spacial score (nSPS) is 20.0. The maximum Gasteiger partial charge on any atom is 0.408 e. The molecule has 4 rings (SSSR count). The Morgan fingerprint density at radius 2 is 1.65 bits per heavy atom. The minimum Gasteiger partial charge on any atom is -0.465 e. The number of carboxylic acid groups (broad SMARTS) is 1. The first-order valence-corrected chi connectivity index (χ1v) is 12.7. The number of amides is 2. The monoisotopic (exact) mass is 550 g/mol. The van der Waals surface area contributed by atoms with Gasteiger partial charge in [0.1, 0.15) is 0 Å². The Labute approximate surface area is 232 Å². The SMILES string of the molecule is CC(=O)N1c2ccc(-c3ccc(CN4CCC(N)CC4)cc3)cc2C(N(C(=O)O)C(C)C)CC1C.Cl.Cl. The van der Waals surface area contributed by atoms with Crippen LogP contribution in [0.1, 0.15) is 64.1 Å². The minimum atomic E-state index is -0.937. The van der Waals surface area contributed by atoms with E-state index in [4.69, 9.17) is 5.73 Å². The highest BCUT2D eigenvalue weighted by molar-refractivity contribution is 5.94. The summed E-state index contributed by atoms with van der Waals surface area (Å²) in [6.45, 7) is 10.3. The molecule has 204 valence electrons. The van der Waals surface area contributed by atoms with Gasteiger partial charge >= 0.3 is 6.09 Å². The summed E-state index contributed by atoms with van der Waals surface area (Å²) in [6.07, 6.45) is 1.73. The molecular weight excluding hydrogens is 511 g/mol. The number of nitrogens with zero attached hydrogens (tertiary/aromatic N) is 3. The van der Waals surface area contributed by atoms with E-state index in [1.54, 1.807) is 11.8 Å². The van der Waals surface area contributed by atoms with Gasteiger partial charge in [-0.2, -0.15) is 0 Å². The summed E-state index contributed by atoms with van der Waals surface area (Å²) in [5, 5.41) is 9.98. The van der Waals surface area contributed by atoms with Crippen LogP contribution in [0.4, 0.5) is 10.5 Å². The van der Waals surface area contributed by atoms with E-state index >= 15 is 0 Å². The maximum absolute atomic E-state index is 12.5. The number of carbonyl (C=O) groups is 2. The van der Waals surface area contributed by atoms with Crippen molar-refractivity contribution in [2.75, 3.05) is 18.0 Å². The van der Waals surface area contributed by atoms with Crippen molar-refractivity contribution in [3.63, 3.8) is 0 Å². The molecule has 3 N–H and O–H groups in total. The molecule has 0 saturated carbocycles. The predicted molar refractivity (Wildman–Crippen MR) is 154 cm³/mol. The Morgan fingerprint density at radius 3 is 2.19 bits per heavy atom. The van der Waals surface area contributed by atoms with Crippen molar-refractivity contribution in [2.24, 2.45) is 5.73 Å². The lowest BCUT2D eigenvalue weighted by atomic mass is 9.87. The number of piperidine rings is 1. The fourth-order valence-electron chi connectivity index (χ4n) is 5.64. The molecule has 0 aromatic heterocycles. The summed E-state index contributed by atoms with van der Waals surface area (Å²) in [5.74, 6) is -0.0283. The lowest BCUT2D eigenvalue weighted by Crippen LogP contribution is -2.48. The van der Waals surface area contributed by atoms with E-state index in [1.807, 2.05) is 32.9 Å². The number of hydrogen-bond acceptors (Lipinski definition) is 4. The van der Waals surface area contributed by atoms with Crippen LogP contribution in [0.25, 0.3) is 11.1 Å². The smallest absolute Gasteiger partial charge is 0.408 e. The molecule has 0 radical (unpaired) electrons. The highest BCUT2D eigenvalue weighted by atomic mass is 35.5. The van der Waals surface area contributed by atoms with Crippen LogP contribution in [0.2, 0.25) is 0 Å². The number of carbonyl (C=O) groups excluding carboxylic acids is 1. The van der Waals surface area contributed by atoms with Crippen LogP contribution in [0.5, 0.6) is 0 Å². The molecule has 0 bridgehead atoms. The lowest BCUT2D eigenvalue weighted by Gasteiger charge is -2.43. The minimum absolute atomic E-state index is 0. The van der Waals surface area contributed by atoms with Gasteiger partial charge in [0.25, 0.3) is 0 Å². The highest BCUT2D eigenvalue weighted by Gasteiger charge is 2.38. The molecule has 2 aliphatic rings. The highest BCUT2D eigenvalue weighted by Crippen LogP contribution is 2.43. The molecule has 2 unspecified atom stereocenters. The fraction of sp³-hybridized carbons (Fsp3) is 0.500. The van der Waals surface area contributed by atoms with Crippen molar-refractivity contribution in [3.05, 3.63) is 53.6 Å². The number of halogens is 2. The zero-order valence-electron chi connectivity index (χ0n) is 22.1. The van der Waals surface area contributed by atoms with Crippen molar-refractivity contribution in [1.82, 2.24) is 9.80 Å². The zero-order chi connectivity index (χ0) is 25.3. The summed E-state index contributed by atoms with van der Waals surface area (Å²) in [6, 6.07) is 14.4. The topological polar surface area (TPSA) is 90.1 Å². The molecule has 1 saturated heterocycles. The van der Waals surface area contributed by atoms with E-state index in [1.165, 1.54) is 10.5 Å². The van der Waals surface area contributed by atoms with Crippen LogP contribution in [0.3, 0.4) is 0 Å². The van der Waals surface area contributed by atoms with E-state index in [2.05, 4.69) is 35.2 Å². The summed E-state index contributed by atoms with van der Waals surface area (Å²) in [4.78, 5) is 30.4. The zero-order valence-corrected chi connectivity index (χ0v) is 23.7. The van der Waals surface area contributed by atoms with Crippen LogP contribution < -0.4 is 10.6 Å². The molecule has 0 spiro atoms. The second-order valence-corrected chi connectivity index (χ2v) is 10.4. The summed E-state index contributed by atoms with van der Waals surface area (Å²) in [5.41, 5.74) is 11.1. The van der Waals surface area contributed by atoms with Gasteiger partial charge in [-0.15, -0.1) is 24.8 Å². The van der Waals surface area contributed by atoms with Gasteiger partial charge in [-0.3, -0.25) is 14.6 Å². The number of nitrogens with two attached hydrogens (primary N) is 1. The van der Waals surface area contributed by atoms with Gasteiger partial charge in [0.15, 0.2) is 0 Å². The lowest BCUT2D eigenvalue weighted by molar-refractivity contribution is -0.117. The molecule has 9 heteroatoms. The Kier molecular flexibility index (Phi) is 10.8. The molecule has 37 heavy (non-hydrogen) atoms. The van der Waals surface area contributed by atoms with E-state index < -0.39 is 6.09 Å². The number of benzene rings is 2. The molecule has 2 aromatic carbocycles. The van der Waals surface area contributed by atoms with Crippen molar-refractivity contribution < 1.29 is 14.7 Å². The van der Waals surface area contributed by atoms with Crippen LogP contribution in [0.15, 0.2) is 42.5 Å². The Hall–Kier alpha value is -2.32. The number of fused-ring (bicyclic) bond motifs is 1. The molecule has 2 atom stereocenters. The van der Waals surface area contributed by atoms with Crippen LogP contribution in [0, 0.1) is 0 Å². The third-order valence-electron chi connectivity index (χ3n) is 7.43. The summed E-state index contributed by atoms with van der Waals surface area (Å²) < 4.78 is 0. The Balaban J connectivity index is 0.00000241. The summed E-state index contributed by atoms with van der Waals surface area (Å²) in [7, 11) is 0. The number of likely N-dealkylation sites (tertiary alicyclic amines) is 1. The molecule has 0 aliphatic carbocycles. The van der Waals surface area contributed by atoms with E-state index in [0.29, 0.717) is 12.5 Å². The average Bonchev–Trinajstić information content (AvgIpc) is 2.80. The predicted octanol–water partition coefficient (Wildman–Crippen LogP) is 5.69. The third-order valence-corrected chi connectivity index (χ3v) is 7.43. The first-order chi connectivity index (χ1) is 16.7.